The predicted molar refractivity (Wildman–Crippen MR) is 124 cm³/mol. The zero-order chi connectivity index (χ0) is 22.6. The number of methoxy groups -OCH3 is 1. The van der Waals surface area contributed by atoms with Gasteiger partial charge in [-0.2, -0.15) is 8.42 Å². The fourth-order valence-electron chi connectivity index (χ4n) is 2.85. The normalized spacial score (nSPS) is 16.2. The van der Waals surface area contributed by atoms with Crippen LogP contribution in [0.3, 0.4) is 0 Å². The van der Waals surface area contributed by atoms with Gasteiger partial charge in [-0.05, 0) is 59.8 Å². The highest BCUT2D eigenvalue weighted by Crippen LogP contribution is 2.33. The summed E-state index contributed by atoms with van der Waals surface area (Å²) in [4.78, 5) is 17.2. The van der Waals surface area contributed by atoms with Crippen LogP contribution in [0.2, 0.25) is 0 Å². The lowest BCUT2D eigenvalue weighted by atomic mass is 10.2. The van der Waals surface area contributed by atoms with Gasteiger partial charge in [0.05, 0.1) is 17.7 Å². The first-order valence-electron chi connectivity index (χ1n) is 9.47. The Bertz CT molecular complexity index is 1300. The first-order chi connectivity index (χ1) is 15.4. The number of nitrogens with zero attached hydrogens (tertiary/aromatic N) is 1. The average molecular weight is 467 g/mol. The van der Waals surface area contributed by atoms with Crippen molar-refractivity contribution in [2.24, 2.45) is 4.99 Å². The molecule has 0 unspecified atom stereocenters. The van der Waals surface area contributed by atoms with Crippen LogP contribution < -0.4 is 14.2 Å². The Balaban J connectivity index is 1.60. The number of carbonyl (C=O) groups excluding carboxylic acids is 1. The lowest BCUT2D eigenvalue weighted by molar-refractivity contribution is -0.115. The van der Waals surface area contributed by atoms with E-state index in [0.29, 0.717) is 15.6 Å². The fraction of sp³-hybridized carbons (Fsp3) is 0.0435. The lowest BCUT2D eigenvalue weighted by Crippen LogP contribution is -2.19. The molecule has 9 heteroatoms. The molecule has 7 nitrogen and oxygen atoms in total. The second-order valence-corrected chi connectivity index (χ2v) is 9.16. The van der Waals surface area contributed by atoms with Gasteiger partial charge in [0, 0.05) is 0 Å². The summed E-state index contributed by atoms with van der Waals surface area (Å²) in [5, 5.41) is 3.19. The Morgan fingerprint density at radius 3 is 2.31 bits per heavy atom. The van der Waals surface area contributed by atoms with Crippen LogP contribution in [-0.4, -0.2) is 26.6 Å². The maximum Gasteiger partial charge on any atom is 0.339 e. The van der Waals surface area contributed by atoms with E-state index in [1.165, 1.54) is 37.1 Å². The van der Waals surface area contributed by atoms with Crippen molar-refractivity contribution >= 4 is 44.7 Å². The molecule has 1 aliphatic heterocycles. The average Bonchev–Trinajstić information content (AvgIpc) is 3.13. The molecule has 4 rings (SSSR count). The summed E-state index contributed by atoms with van der Waals surface area (Å²) in [5.74, 6) is -0.0197. The van der Waals surface area contributed by atoms with Gasteiger partial charge in [-0.25, -0.2) is 4.99 Å². The van der Waals surface area contributed by atoms with E-state index in [9.17, 15) is 13.2 Å². The molecule has 32 heavy (non-hydrogen) atoms. The summed E-state index contributed by atoms with van der Waals surface area (Å²) >= 11 is 1.19. The number of hydrogen-bond donors (Lipinski definition) is 1. The molecule has 0 radical (unpaired) electrons. The molecule has 0 saturated carbocycles. The Hall–Kier alpha value is -3.56. The molecule has 1 fully saturated rings. The number of hydrogen-bond acceptors (Lipinski definition) is 7. The molecule has 1 aliphatic rings. The van der Waals surface area contributed by atoms with Crippen molar-refractivity contribution in [1.82, 2.24) is 5.32 Å². The molecule has 0 spiro atoms. The van der Waals surface area contributed by atoms with Gasteiger partial charge < -0.3 is 14.2 Å². The Morgan fingerprint density at radius 1 is 0.938 bits per heavy atom. The fourth-order valence-corrected chi connectivity index (χ4v) is 4.65. The van der Waals surface area contributed by atoms with Crippen LogP contribution in [0.4, 0.5) is 5.69 Å². The van der Waals surface area contributed by atoms with Gasteiger partial charge in [0.15, 0.2) is 16.7 Å². The van der Waals surface area contributed by atoms with Gasteiger partial charge in [0.25, 0.3) is 5.91 Å². The minimum absolute atomic E-state index is 0.0206. The van der Waals surface area contributed by atoms with E-state index >= 15 is 0 Å². The van der Waals surface area contributed by atoms with Crippen LogP contribution in [0, 0.1) is 0 Å². The standard InChI is InChI=1S/C23H18N2O5S2/c1-29-19-13-12-16(14-20(19)30-32(27,28)18-10-6-3-7-11-18)15-21-22(26)25-23(31-21)24-17-8-4-2-5-9-17/h2-15H,1H3,(H,24,25,26)/b21-15-. The lowest BCUT2D eigenvalue weighted by Gasteiger charge is -2.11. The van der Waals surface area contributed by atoms with Crippen molar-refractivity contribution < 1.29 is 22.1 Å². The number of benzene rings is 3. The monoisotopic (exact) mass is 466 g/mol. The Kier molecular flexibility index (Phi) is 6.29. The quantitative estimate of drug-likeness (QED) is 0.429. The van der Waals surface area contributed by atoms with Crippen molar-refractivity contribution in [1.29, 1.82) is 0 Å². The first kappa shape index (κ1) is 21.7. The molecule has 1 saturated heterocycles. The van der Waals surface area contributed by atoms with Gasteiger partial charge in [0.1, 0.15) is 4.90 Å². The molecule has 3 aromatic carbocycles. The zero-order valence-corrected chi connectivity index (χ0v) is 18.5. The maximum atomic E-state index is 12.6. The number of para-hydroxylation sites is 1. The molecule has 1 N–H and O–H groups in total. The van der Waals surface area contributed by atoms with Crippen molar-refractivity contribution in [3.05, 3.63) is 89.3 Å². The van der Waals surface area contributed by atoms with Crippen LogP contribution >= 0.6 is 11.8 Å². The van der Waals surface area contributed by atoms with E-state index in [0.717, 1.165) is 5.69 Å². The topological polar surface area (TPSA) is 94.1 Å². The minimum atomic E-state index is -4.05. The summed E-state index contributed by atoms with van der Waals surface area (Å²) in [6.07, 6.45) is 1.63. The maximum absolute atomic E-state index is 12.6. The number of nitrogens with one attached hydrogen (secondary N) is 1. The second kappa shape index (κ2) is 9.29. The number of amidine groups is 1. The van der Waals surface area contributed by atoms with E-state index in [1.807, 2.05) is 30.3 Å². The summed E-state index contributed by atoms with van der Waals surface area (Å²) in [6, 6.07) is 21.9. The van der Waals surface area contributed by atoms with Gasteiger partial charge in [-0.1, -0.05) is 42.5 Å². The first-order valence-corrected chi connectivity index (χ1v) is 11.7. The third kappa shape index (κ3) is 5.01. The van der Waals surface area contributed by atoms with Crippen LogP contribution in [0.1, 0.15) is 5.56 Å². The van der Waals surface area contributed by atoms with Crippen molar-refractivity contribution in [2.75, 3.05) is 7.11 Å². The number of rotatable bonds is 6. The van der Waals surface area contributed by atoms with Gasteiger partial charge in [0.2, 0.25) is 0 Å². The number of amides is 1. The van der Waals surface area contributed by atoms with Crippen LogP contribution in [-0.2, 0) is 14.9 Å². The third-order valence-corrected chi connectivity index (χ3v) is 6.51. The van der Waals surface area contributed by atoms with Crippen LogP contribution in [0.25, 0.3) is 6.08 Å². The second-order valence-electron chi connectivity index (χ2n) is 6.58. The summed E-state index contributed by atoms with van der Waals surface area (Å²) in [5.41, 5.74) is 1.30. The van der Waals surface area contributed by atoms with E-state index < -0.39 is 10.1 Å². The van der Waals surface area contributed by atoms with Crippen molar-refractivity contribution in [2.45, 2.75) is 4.90 Å². The van der Waals surface area contributed by atoms with E-state index in [2.05, 4.69) is 10.3 Å². The van der Waals surface area contributed by atoms with Crippen molar-refractivity contribution in [3.8, 4) is 11.5 Å². The molecule has 162 valence electrons. The molecule has 0 aliphatic carbocycles. The predicted octanol–water partition coefficient (Wildman–Crippen LogP) is 4.35. The van der Waals surface area contributed by atoms with Gasteiger partial charge in [-0.15, -0.1) is 0 Å². The largest absolute Gasteiger partial charge is 0.493 e. The van der Waals surface area contributed by atoms with Crippen LogP contribution in [0.15, 0.2) is 93.7 Å². The molecule has 1 heterocycles. The number of carbonyl (C=O) groups is 1. The zero-order valence-electron chi connectivity index (χ0n) is 16.9. The Labute approximate surface area is 189 Å². The minimum Gasteiger partial charge on any atom is -0.493 e. The van der Waals surface area contributed by atoms with Crippen molar-refractivity contribution in [3.63, 3.8) is 0 Å². The van der Waals surface area contributed by atoms with E-state index in [-0.39, 0.29) is 22.3 Å². The van der Waals surface area contributed by atoms with Crippen LogP contribution in [0.5, 0.6) is 11.5 Å². The molecule has 3 aromatic rings. The Morgan fingerprint density at radius 2 is 1.62 bits per heavy atom. The smallest absolute Gasteiger partial charge is 0.339 e. The number of thioether (sulfide) groups is 1. The molecule has 0 aromatic heterocycles. The highest BCUT2D eigenvalue weighted by atomic mass is 32.2. The van der Waals surface area contributed by atoms with Gasteiger partial charge in [-0.3, -0.25) is 4.79 Å². The third-order valence-electron chi connectivity index (χ3n) is 4.35. The number of aliphatic imine (C=N–C) groups is 1. The van der Waals surface area contributed by atoms with E-state index in [1.54, 1.807) is 36.4 Å². The SMILES string of the molecule is COc1ccc(/C=C2\SC(=Nc3ccccc3)NC2=O)cc1OS(=O)(=O)c1ccccc1. The van der Waals surface area contributed by atoms with E-state index in [4.69, 9.17) is 8.92 Å². The van der Waals surface area contributed by atoms with Gasteiger partial charge >= 0.3 is 10.1 Å². The summed E-state index contributed by atoms with van der Waals surface area (Å²) < 4.78 is 35.8. The summed E-state index contributed by atoms with van der Waals surface area (Å²) in [6.45, 7) is 0. The highest BCUT2D eigenvalue weighted by Gasteiger charge is 2.24. The molecule has 0 atom stereocenters. The molecular weight excluding hydrogens is 448 g/mol. The number of ether oxygens (including phenoxy) is 1. The molecule has 1 amide bonds. The molecular formula is C23H18N2O5S2. The summed E-state index contributed by atoms with van der Waals surface area (Å²) in [7, 11) is -2.63. The molecule has 0 bridgehead atoms. The highest BCUT2D eigenvalue weighted by molar-refractivity contribution is 8.18.